The summed E-state index contributed by atoms with van der Waals surface area (Å²) in [5.74, 6) is -2.77. The van der Waals surface area contributed by atoms with Crippen molar-refractivity contribution in [1.82, 2.24) is 4.90 Å². The Hall–Kier alpha value is -3.79. The molecule has 0 aliphatic carbocycles. The Morgan fingerprint density at radius 2 is 1.94 bits per heavy atom. The van der Waals surface area contributed by atoms with Gasteiger partial charge >= 0.3 is 0 Å². The molecule has 4 aliphatic rings. The number of nitro groups is 1. The Morgan fingerprint density at radius 3 is 2.68 bits per heavy atom. The molecule has 1 spiro atoms. The molecule has 2 aromatic rings. The first kappa shape index (κ1) is 20.8. The lowest BCUT2D eigenvalue weighted by atomic mass is 9.75. The number of benzene rings is 2. The summed E-state index contributed by atoms with van der Waals surface area (Å²) >= 11 is 0. The first-order valence-electron chi connectivity index (χ1n) is 11.2. The molecule has 2 aromatic carbocycles. The lowest BCUT2D eigenvalue weighted by Crippen LogP contribution is -2.54. The monoisotopic (exact) mass is 462 g/mol. The van der Waals surface area contributed by atoms with E-state index in [-0.39, 0.29) is 29.1 Å². The highest BCUT2D eigenvalue weighted by Gasteiger charge is 2.74. The highest BCUT2D eigenvalue weighted by atomic mass is 16.6. The second-order valence-corrected chi connectivity index (χ2v) is 9.30. The Balaban J connectivity index is 1.56. The fourth-order valence-electron chi connectivity index (χ4n) is 6.52. The molecule has 3 amide bonds. The van der Waals surface area contributed by atoms with Crippen molar-refractivity contribution in [3.05, 3.63) is 57.6 Å². The first-order chi connectivity index (χ1) is 16.3. The molecule has 3 saturated heterocycles. The van der Waals surface area contributed by atoms with Crippen molar-refractivity contribution in [2.45, 2.75) is 31.3 Å². The van der Waals surface area contributed by atoms with E-state index in [1.165, 1.54) is 25.3 Å². The molecule has 6 rings (SSSR count). The van der Waals surface area contributed by atoms with E-state index in [4.69, 9.17) is 4.74 Å². The molecule has 4 aliphatic heterocycles. The van der Waals surface area contributed by atoms with Gasteiger partial charge in [-0.25, -0.2) is 4.90 Å². The molecule has 0 radical (unpaired) electrons. The van der Waals surface area contributed by atoms with E-state index in [0.717, 1.165) is 16.9 Å². The number of hydrogen-bond donors (Lipinski definition) is 1. The molecule has 0 aromatic heterocycles. The number of carbonyl (C=O) groups excluding carboxylic acids is 3. The van der Waals surface area contributed by atoms with E-state index in [0.29, 0.717) is 24.2 Å². The summed E-state index contributed by atoms with van der Waals surface area (Å²) in [7, 11) is 1.38. The average Bonchev–Trinajstić information content (AvgIpc) is 3.52. The number of nitro benzene ring substituents is 1. The van der Waals surface area contributed by atoms with Crippen LogP contribution in [0.4, 0.5) is 17.1 Å². The van der Waals surface area contributed by atoms with Crippen LogP contribution < -0.4 is 15.0 Å². The van der Waals surface area contributed by atoms with Crippen LogP contribution in [0.5, 0.6) is 5.75 Å². The summed E-state index contributed by atoms with van der Waals surface area (Å²) < 4.78 is 5.35. The summed E-state index contributed by atoms with van der Waals surface area (Å²) in [6.07, 6.45) is 1.50. The maximum atomic E-state index is 14.1. The third kappa shape index (κ3) is 2.35. The van der Waals surface area contributed by atoms with Crippen molar-refractivity contribution in [1.29, 1.82) is 0 Å². The van der Waals surface area contributed by atoms with E-state index in [9.17, 15) is 24.5 Å². The van der Waals surface area contributed by atoms with Gasteiger partial charge in [-0.1, -0.05) is 17.7 Å². The fraction of sp³-hybridized carbons (Fsp3) is 0.375. The van der Waals surface area contributed by atoms with Crippen LogP contribution in [0.1, 0.15) is 24.0 Å². The van der Waals surface area contributed by atoms with Gasteiger partial charge in [0.25, 0.3) is 5.69 Å². The molecule has 10 nitrogen and oxygen atoms in total. The maximum Gasteiger partial charge on any atom is 0.271 e. The van der Waals surface area contributed by atoms with E-state index in [1.54, 1.807) is 0 Å². The normalized spacial score (nSPS) is 29.4. The highest BCUT2D eigenvalue weighted by Crippen LogP contribution is 2.61. The van der Waals surface area contributed by atoms with E-state index < -0.39 is 34.1 Å². The number of hydrogen-bond acceptors (Lipinski definition) is 7. The lowest BCUT2D eigenvalue weighted by molar-refractivity contribution is -0.384. The van der Waals surface area contributed by atoms with Crippen molar-refractivity contribution in [2.24, 2.45) is 11.8 Å². The lowest BCUT2D eigenvalue weighted by Gasteiger charge is -2.36. The van der Waals surface area contributed by atoms with Crippen LogP contribution in [0.3, 0.4) is 0 Å². The largest absolute Gasteiger partial charge is 0.495 e. The molecule has 174 valence electrons. The van der Waals surface area contributed by atoms with Crippen molar-refractivity contribution >= 4 is 34.8 Å². The third-order valence-corrected chi connectivity index (χ3v) is 7.76. The summed E-state index contributed by atoms with van der Waals surface area (Å²) in [6, 6.07) is 9.19. The molecule has 3 fully saturated rings. The minimum absolute atomic E-state index is 0.0312. The summed E-state index contributed by atoms with van der Waals surface area (Å²) in [6.45, 7) is 2.53. The number of nitrogens with one attached hydrogen (secondary N) is 1. The molecule has 0 bridgehead atoms. The number of fused-ring (bicyclic) bond motifs is 7. The SMILES string of the molecule is COc1ccc([N+](=O)[O-])cc1N1C(=O)[C@@H]2[C@H]3CCCN3[C@]3(C(=O)Nc4ccc(C)cc43)[C@@H]2C1=O. The average molecular weight is 462 g/mol. The van der Waals surface area contributed by atoms with Crippen molar-refractivity contribution in [3.63, 3.8) is 0 Å². The number of methoxy groups -OCH3 is 1. The molecule has 1 N–H and O–H groups in total. The standard InChI is InChI=1S/C24H22N4O6/c1-12-5-7-15-14(10-12)24(23(31)25-15)20-19(16-4-3-9-26(16)24)21(29)27(22(20)30)17-11-13(28(32)33)6-8-18(17)34-2/h5-8,10-11,16,19-20H,3-4,9H2,1-2H3,(H,25,31)/t16-,19-,20+,24+/m1/s1. The van der Waals surface area contributed by atoms with Gasteiger partial charge < -0.3 is 10.1 Å². The number of carbonyl (C=O) groups is 3. The van der Waals surface area contributed by atoms with Crippen LogP contribution in [-0.4, -0.2) is 47.2 Å². The Labute approximate surface area is 194 Å². The van der Waals surface area contributed by atoms with E-state index in [2.05, 4.69) is 5.32 Å². The number of aryl methyl sites for hydroxylation is 1. The Kier molecular flexibility index (Phi) is 4.20. The Morgan fingerprint density at radius 1 is 1.15 bits per heavy atom. The van der Waals surface area contributed by atoms with Crippen molar-refractivity contribution in [2.75, 3.05) is 23.9 Å². The van der Waals surface area contributed by atoms with Gasteiger partial charge in [0.05, 0.1) is 23.9 Å². The fourth-order valence-corrected chi connectivity index (χ4v) is 6.52. The Bertz CT molecular complexity index is 1310. The predicted octanol–water partition coefficient (Wildman–Crippen LogP) is 2.34. The minimum Gasteiger partial charge on any atom is -0.495 e. The van der Waals surface area contributed by atoms with Crippen LogP contribution in [-0.2, 0) is 19.9 Å². The summed E-state index contributed by atoms with van der Waals surface area (Å²) in [4.78, 5) is 55.4. The second-order valence-electron chi connectivity index (χ2n) is 9.30. The third-order valence-electron chi connectivity index (χ3n) is 7.76. The second kappa shape index (κ2) is 6.86. The number of imide groups is 1. The van der Waals surface area contributed by atoms with E-state index in [1.807, 2.05) is 30.0 Å². The molecule has 4 atom stereocenters. The summed E-state index contributed by atoms with van der Waals surface area (Å²) in [5, 5.41) is 14.4. The van der Waals surface area contributed by atoms with Crippen molar-refractivity contribution in [3.8, 4) is 5.75 Å². The quantitative estimate of drug-likeness (QED) is 0.422. The van der Waals surface area contributed by atoms with Gasteiger partial charge in [0.2, 0.25) is 17.7 Å². The molecular formula is C24H22N4O6. The molecule has 0 saturated carbocycles. The smallest absolute Gasteiger partial charge is 0.271 e. The minimum atomic E-state index is -1.29. The zero-order valence-corrected chi connectivity index (χ0v) is 18.6. The topological polar surface area (TPSA) is 122 Å². The predicted molar refractivity (Wildman–Crippen MR) is 120 cm³/mol. The number of amides is 3. The van der Waals surface area contributed by atoms with E-state index >= 15 is 0 Å². The number of anilines is 2. The molecule has 34 heavy (non-hydrogen) atoms. The van der Waals surface area contributed by atoms with Gasteiger partial charge in [0.15, 0.2) is 0 Å². The molecular weight excluding hydrogens is 440 g/mol. The van der Waals surface area contributed by atoms with Gasteiger partial charge in [-0.2, -0.15) is 0 Å². The van der Waals surface area contributed by atoms with Crippen LogP contribution in [0.25, 0.3) is 0 Å². The van der Waals surface area contributed by atoms with Gasteiger partial charge in [0, 0.05) is 29.4 Å². The van der Waals surface area contributed by atoms with Crippen molar-refractivity contribution < 1.29 is 24.0 Å². The molecule has 10 heteroatoms. The van der Waals surface area contributed by atoms with Crippen LogP contribution in [0, 0.1) is 28.9 Å². The highest BCUT2D eigenvalue weighted by molar-refractivity contribution is 6.26. The molecule has 4 heterocycles. The number of rotatable bonds is 3. The van der Waals surface area contributed by atoms with Gasteiger partial charge in [-0.15, -0.1) is 0 Å². The van der Waals surface area contributed by atoms with Gasteiger partial charge in [-0.05, 0) is 38.4 Å². The van der Waals surface area contributed by atoms with Gasteiger partial charge in [0.1, 0.15) is 17.0 Å². The van der Waals surface area contributed by atoms with Crippen LogP contribution >= 0.6 is 0 Å². The van der Waals surface area contributed by atoms with Crippen LogP contribution in [0.15, 0.2) is 36.4 Å². The summed E-state index contributed by atoms with van der Waals surface area (Å²) in [5.41, 5.74) is 0.791. The zero-order chi connectivity index (χ0) is 23.9. The van der Waals surface area contributed by atoms with Crippen LogP contribution in [0.2, 0.25) is 0 Å². The number of non-ortho nitro benzene ring substituents is 1. The maximum absolute atomic E-state index is 14.1. The number of ether oxygens (including phenoxy) is 1. The zero-order valence-electron chi connectivity index (χ0n) is 18.6. The number of nitrogens with zero attached hydrogens (tertiary/aromatic N) is 3. The van der Waals surface area contributed by atoms with Gasteiger partial charge in [-0.3, -0.25) is 29.4 Å². The first-order valence-corrected chi connectivity index (χ1v) is 11.2. The molecule has 0 unspecified atom stereocenters.